The van der Waals surface area contributed by atoms with E-state index in [0.717, 1.165) is 0 Å². The topological polar surface area (TPSA) is 0 Å². The van der Waals surface area contributed by atoms with E-state index in [1.807, 2.05) is 0 Å². The third kappa shape index (κ3) is 2.53. The summed E-state index contributed by atoms with van der Waals surface area (Å²) in [5.41, 5.74) is 11.3. The van der Waals surface area contributed by atoms with Crippen molar-refractivity contribution in [3.05, 3.63) is 131 Å². The molecule has 0 saturated carbocycles. The van der Waals surface area contributed by atoms with Crippen LogP contribution in [0.4, 0.5) is 0 Å². The van der Waals surface area contributed by atoms with E-state index in [0.29, 0.717) is 0 Å². The fraction of sp³-hybridized carbons (Fsp3) is 0.150. The van der Waals surface area contributed by atoms with Crippen LogP contribution in [0.25, 0.3) is 65.3 Å². The van der Waals surface area contributed by atoms with E-state index in [4.69, 9.17) is 0 Å². The molecular formula is C40H30. The minimum absolute atomic E-state index is 0.0421. The van der Waals surface area contributed by atoms with Gasteiger partial charge in [-0.1, -0.05) is 131 Å². The molecular weight excluding hydrogens is 480 g/mol. The molecule has 7 aromatic rings. The third-order valence-electron chi connectivity index (χ3n) is 10.2. The maximum Gasteiger partial charge on any atom is 0.0159 e. The summed E-state index contributed by atoms with van der Waals surface area (Å²) >= 11 is 0. The minimum atomic E-state index is -0.0758. The van der Waals surface area contributed by atoms with Crippen molar-refractivity contribution in [1.82, 2.24) is 0 Å². The lowest BCUT2D eigenvalue weighted by Crippen LogP contribution is -2.18. The highest BCUT2D eigenvalue weighted by atomic mass is 14.5. The summed E-state index contributed by atoms with van der Waals surface area (Å²) in [5.74, 6) is 0. The summed E-state index contributed by atoms with van der Waals surface area (Å²) in [6.07, 6.45) is 0. The van der Waals surface area contributed by atoms with Gasteiger partial charge in [0.1, 0.15) is 0 Å². The SMILES string of the molecule is CC1(C)c2cc3c(cc2-c2c1ccc1ccccc21)-c1c(ccc2c4ccccc4c4ccccc4c12)C3(C)C. The molecule has 40 heavy (non-hydrogen) atoms. The van der Waals surface area contributed by atoms with Gasteiger partial charge in [0, 0.05) is 10.8 Å². The van der Waals surface area contributed by atoms with Gasteiger partial charge in [0.2, 0.25) is 0 Å². The van der Waals surface area contributed by atoms with Crippen LogP contribution >= 0.6 is 0 Å². The lowest BCUT2D eigenvalue weighted by Gasteiger charge is -2.26. The zero-order valence-corrected chi connectivity index (χ0v) is 23.4. The van der Waals surface area contributed by atoms with Gasteiger partial charge >= 0.3 is 0 Å². The number of hydrogen-bond donors (Lipinski definition) is 0. The van der Waals surface area contributed by atoms with Crippen LogP contribution in [0.2, 0.25) is 0 Å². The Morgan fingerprint density at radius 2 is 0.850 bits per heavy atom. The molecule has 0 N–H and O–H groups in total. The zero-order chi connectivity index (χ0) is 27.0. The highest BCUT2D eigenvalue weighted by Crippen LogP contribution is 2.59. The highest BCUT2D eigenvalue weighted by molar-refractivity contribution is 6.29. The average molecular weight is 511 g/mol. The first kappa shape index (κ1) is 22.4. The lowest BCUT2D eigenvalue weighted by molar-refractivity contribution is 0.639. The van der Waals surface area contributed by atoms with Gasteiger partial charge in [-0.15, -0.1) is 0 Å². The molecule has 190 valence electrons. The smallest absolute Gasteiger partial charge is 0.0159 e. The molecule has 0 heteroatoms. The van der Waals surface area contributed by atoms with Crippen LogP contribution < -0.4 is 0 Å². The first-order valence-electron chi connectivity index (χ1n) is 14.5. The molecule has 0 aliphatic heterocycles. The molecule has 7 aromatic carbocycles. The predicted molar refractivity (Wildman–Crippen MR) is 172 cm³/mol. The van der Waals surface area contributed by atoms with Crippen molar-refractivity contribution in [2.45, 2.75) is 38.5 Å². The molecule has 0 fully saturated rings. The summed E-state index contributed by atoms with van der Waals surface area (Å²) in [5, 5.41) is 10.8. The maximum atomic E-state index is 2.56. The summed E-state index contributed by atoms with van der Waals surface area (Å²) in [4.78, 5) is 0. The van der Waals surface area contributed by atoms with Crippen LogP contribution in [0.15, 0.2) is 109 Å². The molecule has 0 saturated heterocycles. The maximum absolute atomic E-state index is 2.56. The molecule has 0 radical (unpaired) electrons. The van der Waals surface area contributed by atoms with E-state index >= 15 is 0 Å². The van der Waals surface area contributed by atoms with Gasteiger partial charge in [0.25, 0.3) is 0 Å². The van der Waals surface area contributed by atoms with Crippen molar-refractivity contribution in [3.8, 4) is 22.3 Å². The lowest BCUT2D eigenvalue weighted by atomic mass is 9.77. The van der Waals surface area contributed by atoms with Gasteiger partial charge < -0.3 is 0 Å². The Balaban J connectivity index is 1.47. The largest absolute Gasteiger partial charge is 0.0616 e. The van der Waals surface area contributed by atoms with E-state index in [1.165, 1.54) is 87.6 Å². The van der Waals surface area contributed by atoms with E-state index < -0.39 is 0 Å². The molecule has 0 amide bonds. The molecule has 9 rings (SSSR count). The Hall–Kier alpha value is -4.42. The van der Waals surface area contributed by atoms with E-state index in [1.54, 1.807) is 0 Å². The Morgan fingerprint density at radius 3 is 1.52 bits per heavy atom. The van der Waals surface area contributed by atoms with E-state index in [-0.39, 0.29) is 10.8 Å². The molecule has 0 bridgehead atoms. The molecule has 0 atom stereocenters. The Bertz CT molecular complexity index is 2220. The van der Waals surface area contributed by atoms with Crippen LogP contribution in [-0.4, -0.2) is 0 Å². The quantitative estimate of drug-likeness (QED) is 0.178. The first-order chi connectivity index (χ1) is 19.4. The normalized spacial score (nSPS) is 15.9. The number of hydrogen-bond acceptors (Lipinski definition) is 0. The van der Waals surface area contributed by atoms with Crippen LogP contribution in [-0.2, 0) is 10.8 Å². The Labute approximate surface area is 234 Å². The molecule has 0 spiro atoms. The van der Waals surface area contributed by atoms with Crippen molar-refractivity contribution in [2.24, 2.45) is 0 Å². The van der Waals surface area contributed by atoms with Crippen molar-refractivity contribution < 1.29 is 0 Å². The van der Waals surface area contributed by atoms with E-state index in [2.05, 4.69) is 137 Å². The molecule has 0 nitrogen and oxygen atoms in total. The van der Waals surface area contributed by atoms with Crippen LogP contribution in [0.1, 0.15) is 49.9 Å². The molecule has 0 heterocycles. The number of fused-ring (bicyclic) bond motifs is 15. The second-order valence-electron chi connectivity index (χ2n) is 12.9. The van der Waals surface area contributed by atoms with Gasteiger partial charge in [0.05, 0.1) is 0 Å². The average Bonchev–Trinajstić information content (AvgIpc) is 3.35. The molecule has 0 aromatic heterocycles. The van der Waals surface area contributed by atoms with Crippen molar-refractivity contribution in [3.63, 3.8) is 0 Å². The Kier molecular flexibility index (Phi) is 4.03. The van der Waals surface area contributed by atoms with Gasteiger partial charge in [-0.05, 0) is 93.7 Å². The van der Waals surface area contributed by atoms with Gasteiger partial charge in [-0.2, -0.15) is 0 Å². The minimum Gasteiger partial charge on any atom is -0.0616 e. The van der Waals surface area contributed by atoms with E-state index in [9.17, 15) is 0 Å². The molecule has 2 aliphatic carbocycles. The Morgan fingerprint density at radius 1 is 0.375 bits per heavy atom. The fourth-order valence-electron chi connectivity index (χ4n) is 8.22. The van der Waals surface area contributed by atoms with Gasteiger partial charge in [-0.3, -0.25) is 0 Å². The van der Waals surface area contributed by atoms with Crippen LogP contribution in [0, 0.1) is 0 Å². The van der Waals surface area contributed by atoms with Crippen LogP contribution in [0.3, 0.4) is 0 Å². The van der Waals surface area contributed by atoms with Gasteiger partial charge in [0.15, 0.2) is 0 Å². The van der Waals surface area contributed by atoms with Gasteiger partial charge in [-0.25, -0.2) is 0 Å². The molecule has 0 unspecified atom stereocenters. The molecule has 2 aliphatic rings. The summed E-state index contributed by atoms with van der Waals surface area (Å²) in [7, 11) is 0. The second kappa shape index (κ2) is 7.20. The highest BCUT2D eigenvalue weighted by Gasteiger charge is 2.42. The standard InChI is InChI=1S/C40H30/c1-39(2)32-19-17-23-11-5-6-12-24(23)36(32)30-21-31-35(22-34(30)39)40(3,4)33-20-18-29-27-15-8-7-13-25(27)26-14-9-10-16-28(26)37(29)38(31)33/h5-22H,1-4H3. The number of rotatable bonds is 0. The fourth-order valence-corrected chi connectivity index (χ4v) is 8.22. The second-order valence-corrected chi connectivity index (χ2v) is 12.9. The van der Waals surface area contributed by atoms with Crippen molar-refractivity contribution in [2.75, 3.05) is 0 Å². The van der Waals surface area contributed by atoms with Crippen molar-refractivity contribution in [1.29, 1.82) is 0 Å². The predicted octanol–water partition coefficient (Wildman–Crippen LogP) is 10.9. The third-order valence-corrected chi connectivity index (χ3v) is 10.2. The summed E-state index contributed by atoms with van der Waals surface area (Å²) in [6, 6.07) is 41.4. The number of benzene rings is 7. The summed E-state index contributed by atoms with van der Waals surface area (Å²) in [6.45, 7) is 9.65. The summed E-state index contributed by atoms with van der Waals surface area (Å²) < 4.78 is 0. The zero-order valence-electron chi connectivity index (χ0n) is 23.4. The monoisotopic (exact) mass is 510 g/mol. The first-order valence-corrected chi connectivity index (χ1v) is 14.5. The van der Waals surface area contributed by atoms with Crippen molar-refractivity contribution >= 4 is 43.1 Å². The van der Waals surface area contributed by atoms with Crippen LogP contribution in [0.5, 0.6) is 0 Å².